The number of aromatic nitrogens is 3. The molecule has 4 aliphatic heterocycles. The summed E-state index contributed by atoms with van der Waals surface area (Å²) < 4.78 is 23.1. The number of H-pyrrole nitrogens is 1. The molecule has 2 fully saturated rings. The fraction of sp³-hybridized carbons (Fsp3) is 0.575. The van der Waals surface area contributed by atoms with E-state index in [1.165, 1.54) is 10.5 Å². The first kappa shape index (κ1) is 35.7. The van der Waals surface area contributed by atoms with Gasteiger partial charge >= 0.3 is 0 Å². The molecule has 8 unspecified atom stereocenters. The maximum Gasteiger partial charge on any atom is 0.240 e. The molecule has 5 aliphatic rings. The van der Waals surface area contributed by atoms with Gasteiger partial charge in [-0.1, -0.05) is 40.7 Å². The van der Waals surface area contributed by atoms with Crippen molar-refractivity contribution in [3.05, 3.63) is 47.7 Å². The minimum atomic E-state index is -1.13. The molecule has 8 rings (SSSR count). The molecule has 1 aliphatic carbocycles. The van der Waals surface area contributed by atoms with Gasteiger partial charge in [0.1, 0.15) is 17.8 Å². The van der Waals surface area contributed by atoms with Crippen LogP contribution < -0.4 is 11.5 Å². The second-order valence-electron chi connectivity index (χ2n) is 16.3. The summed E-state index contributed by atoms with van der Waals surface area (Å²) in [6.07, 6.45) is 6.16. The molecule has 8 atom stereocenters. The van der Waals surface area contributed by atoms with Crippen LogP contribution in [-0.4, -0.2) is 85.6 Å². The first-order valence-corrected chi connectivity index (χ1v) is 19.4. The highest BCUT2D eigenvalue weighted by Gasteiger charge is 2.42. The van der Waals surface area contributed by atoms with E-state index >= 15 is 0 Å². The number of imidazole rings is 1. The molecule has 0 saturated carbocycles. The molecular formula is C40H52FN9O3. The highest BCUT2D eigenvalue weighted by atomic mass is 19.1. The van der Waals surface area contributed by atoms with Crippen molar-refractivity contribution < 1.29 is 18.7 Å². The normalized spacial score (nSPS) is 28.2. The van der Waals surface area contributed by atoms with E-state index in [1.807, 2.05) is 44.0 Å². The molecule has 1 aromatic carbocycles. The first-order chi connectivity index (χ1) is 25.4. The van der Waals surface area contributed by atoms with Crippen LogP contribution in [0.5, 0.6) is 0 Å². The molecule has 5 N–H and O–H groups in total. The summed E-state index contributed by atoms with van der Waals surface area (Å²) >= 11 is 0. The van der Waals surface area contributed by atoms with E-state index in [9.17, 15) is 14.0 Å². The minimum absolute atomic E-state index is 0.0156. The van der Waals surface area contributed by atoms with E-state index in [4.69, 9.17) is 26.2 Å². The van der Waals surface area contributed by atoms with Gasteiger partial charge in [0.2, 0.25) is 18.2 Å². The number of amides is 2. The summed E-state index contributed by atoms with van der Waals surface area (Å²) in [5.41, 5.74) is 18.7. The lowest BCUT2D eigenvalue weighted by atomic mass is 9.83. The summed E-state index contributed by atoms with van der Waals surface area (Å²) in [6, 6.07) is 7.17. The van der Waals surface area contributed by atoms with Crippen molar-refractivity contribution in [1.29, 1.82) is 0 Å². The molecular weight excluding hydrogens is 673 g/mol. The van der Waals surface area contributed by atoms with E-state index in [2.05, 4.69) is 40.5 Å². The summed E-state index contributed by atoms with van der Waals surface area (Å²) in [6.45, 7) is 10.8. The molecule has 13 heteroatoms. The number of hydrogen-bond donors (Lipinski definition) is 3. The van der Waals surface area contributed by atoms with Crippen LogP contribution >= 0.6 is 0 Å². The highest BCUT2D eigenvalue weighted by Crippen LogP contribution is 2.45. The maximum absolute atomic E-state index is 14.6. The number of aliphatic imine (C=N–C) groups is 2. The molecule has 2 amide bonds. The smallest absolute Gasteiger partial charge is 0.240 e. The van der Waals surface area contributed by atoms with Gasteiger partial charge in [-0.15, -0.1) is 0 Å². The second kappa shape index (κ2) is 13.8. The van der Waals surface area contributed by atoms with Gasteiger partial charge in [0, 0.05) is 54.0 Å². The number of hydrogen-bond acceptors (Lipinski definition) is 8. The number of aromatic amines is 1. The van der Waals surface area contributed by atoms with Crippen LogP contribution in [0.25, 0.3) is 27.7 Å². The third kappa shape index (κ3) is 6.29. The minimum Gasteiger partial charge on any atom is -0.461 e. The van der Waals surface area contributed by atoms with Gasteiger partial charge in [-0.2, -0.15) is 0 Å². The number of carbonyl (C=O) groups excluding carboxylic acids is 2. The number of fused-ring (bicyclic) bond motifs is 4. The Morgan fingerprint density at radius 1 is 1.06 bits per heavy atom. The Bertz CT molecular complexity index is 2010. The largest absolute Gasteiger partial charge is 0.461 e. The zero-order chi connectivity index (χ0) is 37.3. The van der Waals surface area contributed by atoms with Crippen LogP contribution in [0.1, 0.15) is 97.1 Å². The van der Waals surface area contributed by atoms with Crippen molar-refractivity contribution in [3.8, 4) is 11.3 Å². The zero-order valence-corrected chi connectivity index (χ0v) is 31.3. The Morgan fingerprint density at radius 3 is 2.64 bits per heavy atom. The van der Waals surface area contributed by atoms with Gasteiger partial charge in [-0.05, 0) is 55.7 Å². The molecule has 282 valence electrons. The average molecular weight is 726 g/mol. The molecule has 2 aromatic heterocycles. The summed E-state index contributed by atoms with van der Waals surface area (Å²) in [5, 5.41) is 1.02. The maximum atomic E-state index is 14.6. The van der Waals surface area contributed by atoms with E-state index in [0.29, 0.717) is 18.2 Å². The van der Waals surface area contributed by atoms with Gasteiger partial charge in [-0.25, -0.2) is 9.37 Å². The fourth-order valence-electron chi connectivity index (χ4n) is 8.77. The van der Waals surface area contributed by atoms with Crippen LogP contribution in [0.4, 0.5) is 4.39 Å². The number of likely N-dealkylation sites (tertiary alicyclic amines) is 2. The molecule has 0 radical (unpaired) electrons. The monoisotopic (exact) mass is 725 g/mol. The lowest BCUT2D eigenvalue weighted by Crippen LogP contribution is -2.46. The predicted octanol–water partition coefficient (Wildman–Crippen LogP) is 5.72. The second-order valence-corrected chi connectivity index (χ2v) is 16.3. The lowest BCUT2D eigenvalue weighted by molar-refractivity contribution is -0.137. The van der Waals surface area contributed by atoms with Crippen LogP contribution in [0.2, 0.25) is 0 Å². The van der Waals surface area contributed by atoms with Crippen molar-refractivity contribution >= 4 is 40.2 Å². The SMILES string of the molecule is CC(C)C(C)C(=O)N1CCCC1C1N=CC(C2CCC3=C(C2)OC(N)n2c3cc3cc(-c4cnc(C5CC(F)CN5C(=O)C(N)C(C)C)[nH]4)ccc32)=N1. The van der Waals surface area contributed by atoms with Crippen LogP contribution in [0.15, 0.2) is 46.2 Å². The fourth-order valence-corrected chi connectivity index (χ4v) is 8.77. The average Bonchev–Trinajstić information content (AvgIpc) is 3.98. The number of nitrogens with two attached hydrogens (primary N) is 2. The number of nitrogens with zero attached hydrogens (tertiary/aromatic N) is 6. The van der Waals surface area contributed by atoms with Crippen molar-refractivity contribution in [3.63, 3.8) is 0 Å². The Morgan fingerprint density at radius 2 is 1.87 bits per heavy atom. The van der Waals surface area contributed by atoms with Gasteiger partial charge in [0.25, 0.3) is 0 Å². The zero-order valence-electron chi connectivity index (χ0n) is 31.3. The van der Waals surface area contributed by atoms with Gasteiger partial charge < -0.3 is 25.3 Å². The van der Waals surface area contributed by atoms with E-state index in [0.717, 1.165) is 71.6 Å². The first-order valence-electron chi connectivity index (χ1n) is 19.4. The predicted molar refractivity (Wildman–Crippen MR) is 203 cm³/mol. The molecule has 12 nitrogen and oxygen atoms in total. The van der Waals surface area contributed by atoms with E-state index < -0.39 is 24.6 Å². The molecule has 2 saturated heterocycles. The van der Waals surface area contributed by atoms with E-state index in [-0.39, 0.29) is 54.7 Å². The number of nitrogens with one attached hydrogen (secondary N) is 1. The number of carbonyl (C=O) groups is 2. The summed E-state index contributed by atoms with van der Waals surface area (Å²) in [5.74, 6) is 1.82. The third-order valence-corrected chi connectivity index (χ3v) is 12.3. The number of allylic oxidation sites excluding steroid dienone is 2. The lowest BCUT2D eigenvalue weighted by Gasteiger charge is -2.34. The van der Waals surface area contributed by atoms with Crippen LogP contribution in [0.3, 0.4) is 0 Å². The molecule has 6 heterocycles. The van der Waals surface area contributed by atoms with Gasteiger partial charge in [-0.3, -0.25) is 29.9 Å². The summed E-state index contributed by atoms with van der Waals surface area (Å²) in [4.78, 5) is 47.8. The quantitative estimate of drug-likeness (QED) is 0.270. The van der Waals surface area contributed by atoms with E-state index in [1.54, 1.807) is 6.20 Å². The number of benzene rings is 1. The Balaban J connectivity index is 1.00. The standard InChI is InChI=1S/C40H52FN9O3/c1-20(2)22(5)38(51)48-12-6-7-31(48)36-44-18-29(46-36)24-8-10-27-32-14-25-13-23(9-11-30(25)50(32)40(43)53-34(27)15-24)28-17-45-37(47-28)33-16-26(41)19-49(33)39(52)35(42)21(3)4/h9,11,13-14,17-18,20-22,24,26,31,33,35-36,40H,6-8,10,12,15-16,19,42-43H2,1-5H3,(H,45,47). The highest BCUT2D eigenvalue weighted by molar-refractivity contribution is 6.33. The number of ether oxygens (including phenoxy) is 1. The van der Waals surface area contributed by atoms with Gasteiger partial charge in [0.05, 0.1) is 53.5 Å². The van der Waals surface area contributed by atoms with Crippen molar-refractivity contribution in [2.24, 2.45) is 45.1 Å². The topological polar surface area (TPSA) is 160 Å². The molecule has 3 aromatic rings. The molecule has 53 heavy (non-hydrogen) atoms. The van der Waals surface area contributed by atoms with Crippen LogP contribution in [-0.2, 0) is 14.3 Å². The number of alkyl halides is 1. The Kier molecular flexibility index (Phi) is 9.29. The van der Waals surface area contributed by atoms with Crippen molar-refractivity contribution in [1.82, 2.24) is 24.3 Å². The van der Waals surface area contributed by atoms with Crippen molar-refractivity contribution in [2.75, 3.05) is 13.1 Å². The number of halogens is 1. The summed E-state index contributed by atoms with van der Waals surface area (Å²) in [7, 11) is 0. The Hall–Kier alpha value is -4.36. The van der Waals surface area contributed by atoms with Gasteiger partial charge in [0.15, 0.2) is 6.17 Å². The third-order valence-electron chi connectivity index (χ3n) is 12.3. The molecule has 0 bridgehead atoms. The van der Waals surface area contributed by atoms with Crippen LogP contribution in [0, 0.1) is 23.7 Å². The number of rotatable bonds is 8. The van der Waals surface area contributed by atoms with Crippen molar-refractivity contribution in [2.45, 2.75) is 110 Å². The Labute approximate surface area is 309 Å². The molecule has 0 spiro atoms.